The van der Waals surface area contributed by atoms with Crippen LogP contribution in [0.25, 0.3) is 0 Å². The Morgan fingerprint density at radius 1 is 1.20 bits per heavy atom. The van der Waals surface area contributed by atoms with Gasteiger partial charge in [0.25, 0.3) is 0 Å². The van der Waals surface area contributed by atoms with Crippen molar-refractivity contribution in [3.8, 4) is 0 Å². The Kier molecular flexibility index (Phi) is 11.8. The molecule has 25 heavy (non-hydrogen) atoms. The maximum Gasteiger partial charge on any atom is 3.00 e. The summed E-state index contributed by atoms with van der Waals surface area (Å²) in [6.07, 6.45) is 18.0. The summed E-state index contributed by atoms with van der Waals surface area (Å²) >= 11 is 0. The Bertz CT molecular complexity index is 544. The molecule has 0 amide bonds. The minimum absolute atomic E-state index is 0. The van der Waals surface area contributed by atoms with Gasteiger partial charge < -0.3 is 29.6 Å². The zero-order chi connectivity index (χ0) is 16.4. The van der Waals surface area contributed by atoms with E-state index in [9.17, 15) is 0 Å². The average molecular weight is 434 g/mol. The molecular formula is C20H31Cl2OSiTi. The molecule has 139 valence electrons. The van der Waals surface area contributed by atoms with Crippen LogP contribution in [-0.4, -0.2) is 19.9 Å². The fourth-order valence-corrected chi connectivity index (χ4v) is 7.47. The van der Waals surface area contributed by atoms with Crippen molar-refractivity contribution in [2.24, 2.45) is 5.41 Å². The molecule has 2 aliphatic rings. The van der Waals surface area contributed by atoms with Crippen LogP contribution in [0.2, 0.25) is 13.1 Å². The van der Waals surface area contributed by atoms with Crippen LogP contribution >= 0.6 is 0 Å². The van der Waals surface area contributed by atoms with E-state index in [0.29, 0.717) is 0 Å². The number of rotatable bonds is 5. The van der Waals surface area contributed by atoms with Gasteiger partial charge in [0.2, 0.25) is 0 Å². The van der Waals surface area contributed by atoms with Crippen molar-refractivity contribution in [2.75, 3.05) is 6.61 Å². The molecule has 0 saturated carbocycles. The first-order valence-corrected chi connectivity index (χ1v) is 11.6. The van der Waals surface area contributed by atoms with E-state index in [2.05, 4.69) is 77.2 Å². The van der Waals surface area contributed by atoms with Crippen molar-refractivity contribution >= 4 is 8.07 Å². The van der Waals surface area contributed by atoms with Gasteiger partial charge >= 0.3 is 21.7 Å². The Balaban J connectivity index is 0. The topological polar surface area (TPSA) is 9.23 Å². The zero-order valence-corrected chi connectivity index (χ0v) is 20.5. The Hall–Kier alpha value is 0.431. The molecule has 1 atom stereocenters. The molecular weight excluding hydrogens is 403 g/mol. The molecule has 2 aliphatic carbocycles. The quantitative estimate of drug-likeness (QED) is 0.422. The molecule has 0 heterocycles. The van der Waals surface area contributed by atoms with E-state index in [1.54, 1.807) is 0 Å². The summed E-state index contributed by atoms with van der Waals surface area (Å²) in [5.41, 5.74) is 1.58. The molecule has 0 fully saturated rings. The van der Waals surface area contributed by atoms with E-state index < -0.39 is 8.07 Å². The Morgan fingerprint density at radius 3 is 2.32 bits per heavy atom. The molecule has 0 aromatic heterocycles. The summed E-state index contributed by atoms with van der Waals surface area (Å²) in [4.78, 5) is 0. The molecule has 0 saturated heterocycles. The summed E-state index contributed by atoms with van der Waals surface area (Å²) in [7, 11) is -1.85. The van der Waals surface area contributed by atoms with E-state index in [1.807, 2.05) is 0 Å². The van der Waals surface area contributed by atoms with Crippen molar-refractivity contribution in [1.82, 2.24) is 0 Å². The molecule has 0 N–H and O–H groups in total. The monoisotopic (exact) mass is 433 g/mol. The fraction of sp³-hybridized carbons (Fsp3) is 0.600. The first-order chi connectivity index (χ1) is 10.3. The number of hydrogen-bond acceptors (Lipinski definition) is 1. The van der Waals surface area contributed by atoms with Crippen LogP contribution in [0.4, 0.5) is 0 Å². The van der Waals surface area contributed by atoms with E-state index in [-0.39, 0.29) is 57.2 Å². The predicted molar refractivity (Wildman–Crippen MR) is 98.3 cm³/mol. The standard InChI is InChI=1S/C20H31OSi.2ClH.Ti/c1-7-16-21-20(22(5,6)17-12-8-9-13-17)15-11-10-14-18(20)19(2,3)4;;;/h8,10-12,14H,7,9,15-16H2,1-6H3;2*1H;/q-1;;;+3/p-2. The predicted octanol–water partition coefficient (Wildman–Crippen LogP) is -0.434. The number of halogens is 2. The fourth-order valence-electron chi connectivity index (χ4n) is 3.74. The average Bonchev–Trinajstić information content (AvgIpc) is 2.99. The third-order valence-corrected chi connectivity index (χ3v) is 9.30. The van der Waals surface area contributed by atoms with Gasteiger partial charge in [0.1, 0.15) is 0 Å². The van der Waals surface area contributed by atoms with E-state index in [1.165, 1.54) is 10.8 Å². The second-order valence-corrected chi connectivity index (χ2v) is 12.6. The van der Waals surface area contributed by atoms with Gasteiger partial charge in [0.15, 0.2) is 0 Å². The van der Waals surface area contributed by atoms with Crippen LogP contribution < -0.4 is 24.8 Å². The van der Waals surface area contributed by atoms with Crippen LogP contribution in [-0.2, 0) is 26.5 Å². The minimum Gasteiger partial charge on any atom is -1.00 e. The zero-order valence-electron chi connectivity index (χ0n) is 16.4. The minimum atomic E-state index is -1.85. The van der Waals surface area contributed by atoms with Crippen LogP contribution in [0.15, 0.2) is 41.1 Å². The van der Waals surface area contributed by atoms with Gasteiger partial charge in [-0.1, -0.05) is 59.0 Å². The molecule has 1 nitrogen and oxygen atoms in total. The molecule has 0 aromatic rings. The van der Waals surface area contributed by atoms with Gasteiger partial charge in [0.05, 0.1) is 13.3 Å². The van der Waals surface area contributed by atoms with Crippen LogP contribution in [0, 0.1) is 11.5 Å². The summed E-state index contributed by atoms with van der Waals surface area (Å²) in [5.74, 6) is 0. The summed E-state index contributed by atoms with van der Waals surface area (Å²) in [6, 6.07) is 0. The van der Waals surface area contributed by atoms with Crippen molar-refractivity contribution in [3.05, 3.63) is 47.2 Å². The van der Waals surface area contributed by atoms with Crippen LogP contribution in [0.3, 0.4) is 0 Å². The van der Waals surface area contributed by atoms with Gasteiger partial charge in [-0.05, 0) is 23.8 Å². The van der Waals surface area contributed by atoms with E-state index in [0.717, 1.165) is 25.9 Å². The molecule has 0 bridgehead atoms. The Labute approximate surface area is 183 Å². The smallest absolute Gasteiger partial charge is 1.00 e. The van der Waals surface area contributed by atoms with Gasteiger partial charge in [-0.2, -0.15) is 6.08 Å². The maximum absolute atomic E-state index is 6.68. The van der Waals surface area contributed by atoms with E-state index >= 15 is 0 Å². The van der Waals surface area contributed by atoms with Gasteiger partial charge in [0, 0.05) is 6.61 Å². The largest absolute Gasteiger partial charge is 3.00 e. The SMILES string of the molecule is CCCOC1([Si](C)(C)C2=[C-]CC=C2)CC=CC=C1C(C)(C)C.[Cl-].[Cl-].[Ti+3]. The normalized spacial score (nSPS) is 22.3. The molecule has 1 unspecified atom stereocenters. The molecule has 2 rings (SSSR count). The van der Waals surface area contributed by atoms with Crippen LogP contribution in [0.1, 0.15) is 47.0 Å². The Morgan fingerprint density at radius 2 is 1.84 bits per heavy atom. The third-order valence-electron chi connectivity index (χ3n) is 4.98. The van der Waals surface area contributed by atoms with E-state index in [4.69, 9.17) is 4.74 Å². The van der Waals surface area contributed by atoms with Crippen LogP contribution in [0.5, 0.6) is 0 Å². The second-order valence-electron chi connectivity index (χ2n) is 7.96. The van der Waals surface area contributed by atoms with Crippen molar-refractivity contribution in [3.63, 3.8) is 0 Å². The second kappa shape index (κ2) is 10.7. The van der Waals surface area contributed by atoms with Crippen molar-refractivity contribution < 1.29 is 51.3 Å². The van der Waals surface area contributed by atoms with Crippen molar-refractivity contribution in [2.45, 2.75) is 65.3 Å². The first-order valence-electron chi connectivity index (χ1n) is 8.55. The molecule has 1 radical (unpaired) electrons. The van der Waals surface area contributed by atoms with Crippen molar-refractivity contribution in [1.29, 1.82) is 0 Å². The van der Waals surface area contributed by atoms with Gasteiger partial charge in [-0.3, -0.25) is 6.08 Å². The summed E-state index contributed by atoms with van der Waals surface area (Å²) < 4.78 is 6.68. The molecule has 0 aliphatic heterocycles. The van der Waals surface area contributed by atoms with Gasteiger partial charge in [-0.25, -0.2) is 11.3 Å². The number of hydrogen-bond donors (Lipinski definition) is 0. The first kappa shape index (κ1) is 27.6. The summed E-state index contributed by atoms with van der Waals surface area (Å²) in [5, 5.41) is 1.28. The summed E-state index contributed by atoms with van der Waals surface area (Å²) in [6.45, 7) is 14.9. The molecule has 0 spiro atoms. The van der Waals surface area contributed by atoms with Gasteiger partial charge in [-0.15, -0.1) is 6.42 Å². The number of allylic oxidation sites excluding steroid dienone is 6. The molecule has 5 heteroatoms. The molecule has 0 aromatic carbocycles. The maximum atomic E-state index is 6.68. The number of ether oxygens (including phenoxy) is 1. The third kappa shape index (κ3) is 5.46.